The SMILES string of the molecule is CC.Cc1ccccc1C1(N2CN(Cc3cccc(F)c3)C(=O)c3c(O)c(=O)ccn32)c2cc(F)c(F)cc2CC1C. The van der Waals surface area contributed by atoms with E-state index in [2.05, 4.69) is 0 Å². The van der Waals surface area contributed by atoms with Crippen LogP contribution >= 0.6 is 0 Å². The van der Waals surface area contributed by atoms with E-state index in [1.807, 2.05) is 57.0 Å². The van der Waals surface area contributed by atoms with Gasteiger partial charge in [0.05, 0.1) is 0 Å². The second-order valence-electron chi connectivity index (χ2n) is 10.5. The zero-order valence-electron chi connectivity index (χ0n) is 23.9. The summed E-state index contributed by atoms with van der Waals surface area (Å²) in [5.74, 6) is -4.02. The lowest BCUT2D eigenvalue weighted by molar-refractivity contribution is 0.0628. The number of aromatic nitrogens is 1. The Kier molecular flexibility index (Phi) is 7.62. The number of rotatable bonds is 4. The summed E-state index contributed by atoms with van der Waals surface area (Å²) in [5.41, 5.74) is 1.22. The Morgan fingerprint density at radius 3 is 2.36 bits per heavy atom. The quantitative estimate of drug-likeness (QED) is 0.325. The van der Waals surface area contributed by atoms with Gasteiger partial charge in [-0.25, -0.2) is 13.2 Å². The summed E-state index contributed by atoms with van der Waals surface area (Å²) in [6.07, 6.45) is 1.83. The van der Waals surface area contributed by atoms with Gasteiger partial charge in [0, 0.05) is 18.8 Å². The number of hydrogen-bond acceptors (Lipinski definition) is 4. The number of nitrogens with zero attached hydrogens (tertiary/aromatic N) is 3. The third-order valence-corrected chi connectivity index (χ3v) is 8.13. The van der Waals surface area contributed by atoms with Gasteiger partial charge in [-0.15, -0.1) is 0 Å². The molecule has 2 heterocycles. The van der Waals surface area contributed by atoms with Gasteiger partial charge in [-0.05, 0) is 71.3 Å². The Morgan fingerprint density at radius 2 is 1.64 bits per heavy atom. The predicted octanol–water partition coefficient (Wildman–Crippen LogP) is 5.99. The van der Waals surface area contributed by atoms with Gasteiger partial charge < -0.3 is 10.0 Å². The van der Waals surface area contributed by atoms with Crippen molar-refractivity contribution in [2.24, 2.45) is 5.92 Å². The molecular weight excluding hydrogens is 543 g/mol. The fraction of sp³-hybridized carbons (Fsp3) is 0.273. The van der Waals surface area contributed by atoms with Crippen molar-refractivity contribution >= 4 is 5.91 Å². The van der Waals surface area contributed by atoms with Crippen molar-refractivity contribution in [3.05, 3.63) is 134 Å². The maximum atomic E-state index is 14.9. The van der Waals surface area contributed by atoms with E-state index >= 15 is 0 Å². The van der Waals surface area contributed by atoms with E-state index in [-0.39, 0.29) is 24.8 Å². The van der Waals surface area contributed by atoms with E-state index in [4.69, 9.17) is 0 Å². The molecule has 0 fully saturated rings. The van der Waals surface area contributed by atoms with Gasteiger partial charge in [0.15, 0.2) is 23.1 Å². The molecule has 2 unspecified atom stereocenters. The van der Waals surface area contributed by atoms with Crippen molar-refractivity contribution in [2.75, 3.05) is 11.7 Å². The minimum Gasteiger partial charge on any atom is -0.502 e. The van der Waals surface area contributed by atoms with Crippen molar-refractivity contribution in [3.8, 4) is 5.75 Å². The number of aromatic hydroxyl groups is 1. The van der Waals surface area contributed by atoms with E-state index in [1.165, 1.54) is 52.2 Å². The van der Waals surface area contributed by atoms with E-state index in [0.29, 0.717) is 23.1 Å². The molecule has 6 rings (SSSR count). The van der Waals surface area contributed by atoms with Gasteiger partial charge >= 0.3 is 0 Å². The van der Waals surface area contributed by atoms with Crippen LogP contribution in [0.3, 0.4) is 0 Å². The number of fused-ring (bicyclic) bond motifs is 2. The molecule has 2 atom stereocenters. The van der Waals surface area contributed by atoms with Crippen molar-refractivity contribution in [2.45, 2.75) is 46.2 Å². The predicted molar refractivity (Wildman–Crippen MR) is 154 cm³/mol. The first-order valence-electron chi connectivity index (χ1n) is 13.9. The van der Waals surface area contributed by atoms with Crippen molar-refractivity contribution < 1.29 is 23.1 Å². The van der Waals surface area contributed by atoms with Crippen LogP contribution in [-0.2, 0) is 18.5 Å². The first-order valence-corrected chi connectivity index (χ1v) is 13.9. The molecule has 4 aromatic rings. The fourth-order valence-corrected chi connectivity index (χ4v) is 6.42. The lowest BCUT2D eigenvalue weighted by Gasteiger charge is -2.52. The summed E-state index contributed by atoms with van der Waals surface area (Å²) in [7, 11) is 0. The largest absolute Gasteiger partial charge is 0.502 e. The number of carbonyl (C=O) groups is 1. The van der Waals surface area contributed by atoms with Crippen molar-refractivity contribution in [3.63, 3.8) is 0 Å². The van der Waals surface area contributed by atoms with Gasteiger partial charge in [0.25, 0.3) is 5.91 Å². The smallest absolute Gasteiger partial charge is 0.278 e. The first kappa shape index (κ1) is 29.0. The van der Waals surface area contributed by atoms with Crippen LogP contribution < -0.4 is 10.4 Å². The van der Waals surface area contributed by atoms with Crippen molar-refractivity contribution in [1.82, 2.24) is 9.58 Å². The van der Waals surface area contributed by atoms with Gasteiger partial charge in [-0.1, -0.05) is 57.2 Å². The van der Waals surface area contributed by atoms with Gasteiger partial charge in [0.1, 0.15) is 18.0 Å². The summed E-state index contributed by atoms with van der Waals surface area (Å²) in [5, 5.41) is 12.7. The average molecular weight is 576 g/mol. The highest BCUT2D eigenvalue weighted by molar-refractivity contribution is 5.96. The molecule has 0 bridgehead atoms. The number of carbonyl (C=O) groups excluding carboxylic acids is 1. The first-order chi connectivity index (χ1) is 20.1. The lowest BCUT2D eigenvalue weighted by Crippen LogP contribution is -2.63. The Balaban J connectivity index is 0.00000173. The highest BCUT2D eigenvalue weighted by Crippen LogP contribution is 2.52. The van der Waals surface area contributed by atoms with Gasteiger partial charge in [0.2, 0.25) is 5.43 Å². The van der Waals surface area contributed by atoms with E-state index in [0.717, 1.165) is 11.1 Å². The molecule has 1 aliphatic heterocycles. The number of hydrogen-bond donors (Lipinski definition) is 1. The second-order valence-corrected chi connectivity index (χ2v) is 10.5. The lowest BCUT2D eigenvalue weighted by atomic mass is 9.75. The second kappa shape index (κ2) is 11.0. The van der Waals surface area contributed by atoms with Crippen LogP contribution in [-0.4, -0.2) is 27.3 Å². The molecule has 0 spiro atoms. The van der Waals surface area contributed by atoms with Crippen molar-refractivity contribution in [1.29, 1.82) is 0 Å². The monoisotopic (exact) mass is 575 g/mol. The van der Waals surface area contributed by atoms with Crippen LogP contribution in [0, 0.1) is 30.3 Å². The number of halogens is 3. The van der Waals surface area contributed by atoms with Crippen LogP contribution in [0.25, 0.3) is 0 Å². The molecule has 1 aliphatic carbocycles. The molecule has 42 heavy (non-hydrogen) atoms. The number of benzene rings is 3. The molecule has 1 N–H and O–H groups in total. The maximum Gasteiger partial charge on any atom is 0.278 e. The third kappa shape index (κ3) is 4.44. The maximum absolute atomic E-state index is 14.9. The Bertz CT molecular complexity index is 1740. The van der Waals surface area contributed by atoms with Crippen LogP contribution in [0.15, 0.2) is 77.7 Å². The average Bonchev–Trinajstić information content (AvgIpc) is 3.24. The molecule has 2 aliphatic rings. The number of amides is 1. The zero-order valence-corrected chi connectivity index (χ0v) is 23.9. The summed E-state index contributed by atoms with van der Waals surface area (Å²) in [6, 6.07) is 17.0. The molecule has 0 saturated carbocycles. The van der Waals surface area contributed by atoms with Crippen LogP contribution in [0.5, 0.6) is 5.75 Å². The fourth-order valence-electron chi connectivity index (χ4n) is 6.42. The summed E-state index contributed by atoms with van der Waals surface area (Å²) in [4.78, 5) is 27.7. The molecule has 1 aromatic heterocycles. The highest BCUT2D eigenvalue weighted by atomic mass is 19.2. The molecule has 9 heteroatoms. The molecular formula is C33H32F3N3O3. The summed E-state index contributed by atoms with van der Waals surface area (Å²) < 4.78 is 44.9. The zero-order chi connectivity index (χ0) is 30.3. The van der Waals surface area contributed by atoms with Gasteiger partial charge in [-0.2, -0.15) is 0 Å². The normalized spacial score (nSPS) is 19.2. The minimum absolute atomic E-state index is 0.0154. The standard InChI is InChI=1S/C31H26F3N3O3.C2H6/c1-18-6-3-4-9-23(18)31(19(2)12-21-14-25(33)26(34)15-24(21)31)37-17-35(16-20-7-5-8-22(32)13-20)30(40)28-29(39)27(38)10-11-36(28)37;1-2/h3-11,13-15,19,39H,12,16-17H2,1-2H3;1-2H3. The molecule has 218 valence electrons. The number of aryl methyl sites for hydroxylation is 1. The van der Waals surface area contributed by atoms with E-state index in [9.17, 15) is 27.9 Å². The summed E-state index contributed by atoms with van der Waals surface area (Å²) >= 11 is 0. The topological polar surface area (TPSA) is 65.8 Å². The molecule has 0 radical (unpaired) electrons. The Hall–Kier alpha value is -4.53. The van der Waals surface area contributed by atoms with E-state index < -0.39 is 40.1 Å². The third-order valence-electron chi connectivity index (χ3n) is 8.13. The van der Waals surface area contributed by atoms with E-state index in [1.54, 1.807) is 6.07 Å². The molecule has 0 saturated heterocycles. The summed E-state index contributed by atoms with van der Waals surface area (Å²) in [6.45, 7) is 7.82. The van der Waals surface area contributed by atoms with Crippen LogP contribution in [0.4, 0.5) is 13.2 Å². The molecule has 1 amide bonds. The molecule has 6 nitrogen and oxygen atoms in total. The highest BCUT2D eigenvalue weighted by Gasteiger charge is 2.54. The van der Waals surface area contributed by atoms with Crippen LogP contribution in [0.1, 0.15) is 59.1 Å². The minimum atomic E-state index is -1.13. The number of pyridine rings is 1. The van der Waals surface area contributed by atoms with Crippen LogP contribution in [0.2, 0.25) is 0 Å². The Morgan fingerprint density at radius 1 is 0.929 bits per heavy atom. The van der Waals surface area contributed by atoms with Gasteiger partial charge in [-0.3, -0.25) is 19.3 Å². The molecule has 3 aromatic carbocycles. The Labute approximate surface area is 242 Å².